The molecule has 0 aliphatic carbocycles. The van der Waals surface area contributed by atoms with Crippen molar-refractivity contribution in [3.63, 3.8) is 0 Å². The number of benzene rings is 2. The summed E-state index contributed by atoms with van der Waals surface area (Å²) < 4.78 is 7.00. The molecule has 0 aliphatic heterocycles. The van der Waals surface area contributed by atoms with Crippen molar-refractivity contribution in [1.29, 1.82) is 0 Å². The molecule has 0 saturated carbocycles. The van der Waals surface area contributed by atoms with Gasteiger partial charge in [-0.2, -0.15) is 0 Å². The van der Waals surface area contributed by atoms with Crippen LogP contribution in [0.3, 0.4) is 0 Å². The quantitative estimate of drug-likeness (QED) is 0.430. The molecule has 0 unspecified atom stereocenters. The van der Waals surface area contributed by atoms with Gasteiger partial charge in [-0.25, -0.2) is 4.79 Å². The van der Waals surface area contributed by atoms with Gasteiger partial charge in [-0.3, -0.25) is 0 Å². The average molecular weight is 365 g/mol. The minimum absolute atomic E-state index is 0.291. The summed E-state index contributed by atoms with van der Waals surface area (Å²) in [7, 11) is 0. The monoisotopic (exact) mass is 365 g/mol. The summed E-state index contributed by atoms with van der Waals surface area (Å²) in [6.45, 7) is 4.14. The summed E-state index contributed by atoms with van der Waals surface area (Å²) in [5, 5.41) is 0. The fourth-order valence-corrected chi connectivity index (χ4v) is 3.35. The second kappa shape index (κ2) is 7.09. The predicted molar refractivity (Wildman–Crippen MR) is 70.5 cm³/mol. The molecule has 2 nitrogen and oxygen atoms in total. The van der Waals surface area contributed by atoms with Crippen LogP contribution in [0, 0.1) is 3.57 Å². The number of carbonyl (C=O) groups is 1. The van der Waals surface area contributed by atoms with Crippen LogP contribution in [0.4, 0.5) is 0 Å². The first-order valence-corrected chi connectivity index (χ1v) is 8.01. The SMILES string of the molecule is C=C([I+]c1ccccc1)C(=O)OCc1ccccc1. The molecule has 0 N–H and O–H groups in total. The largest absolute Gasteiger partial charge is 0.454 e. The minimum atomic E-state index is -0.528. The first-order chi connectivity index (χ1) is 9.25. The first-order valence-electron chi connectivity index (χ1n) is 5.85. The van der Waals surface area contributed by atoms with Crippen LogP contribution < -0.4 is 21.2 Å². The number of carbonyl (C=O) groups excluding carboxylic acids is 1. The van der Waals surface area contributed by atoms with Crippen LogP contribution in [0.5, 0.6) is 0 Å². The van der Waals surface area contributed by atoms with E-state index in [4.69, 9.17) is 4.74 Å². The molecule has 0 radical (unpaired) electrons. The van der Waals surface area contributed by atoms with Crippen molar-refractivity contribution in [3.8, 4) is 0 Å². The molecule has 0 aromatic heterocycles. The number of hydrogen-bond acceptors (Lipinski definition) is 2. The van der Waals surface area contributed by atoms with Gasteiger partial charge in [-0.15, -0.1) is 0 Å². The van der Waals surface area contributed by atoms with Crippen LogP contribution in [0.1, 0.15) is 5.56 Å². The highest BCUT2D eigenvalue weighted by molar-refractivity contribution is 5.84. The third kappa shape index (κ3) is 4.52. The normalized spacial score (nSPS) is 9.89. The smallest absolute Gasteiger partial charge is 0.385 e. The first kappa shape index (κ1) is 13.8. The Morgan fingerprint density at radius 1 is 1.00 bits per heavy atom. The maximum Gasteiger partial charge on any atom is 0.385 e. The third-order valence-electron chi connectivity index (χ3n) is 2.39. The van der Waals surface area contributed by atoms with E-state index in [1.54, 1.807) is 0 Å². The number of hydrogen-bond donors (Lipinski definition) is 0. The van der Waals surface area contributed by atoms with Gasteiger partial charge in [0.25, 0.3) is 3.58 Å². The van der Waals surface area contributed by atoms with E-state index in [0.717, 1.165) is 5.56 Å². The summed E-state index contributed by atoms with van der Waals surface area (Å²) in [6, 6.07) is 19.6. The molecule has 0 amide bonds. The molecule has 2 rings (SSSR count). The number of halogens is 1. The summed E-state index contributed by atoms with van der Waals surface area (Å²) in [4.78, 5) is 11.8. The lowest BCUT2D eigenvalue weighted by atomic mass is 10.2. The Morgan fingerprint density at radius 2 is 1.58 bits per heavy atom. The van der Waals surface area contributed by atoms with Gasteiger partial charge in [0.05, 0.1) is 0 Å². The predicted octanol–water partition coefficient (Wildman–Crippen LogP) is 0.202. The molecular formula is C16H14IO2+. The van der Waals surface area contributed by atoms with E-state index in [2.05, 4.69) is 6.58 Å². The van der Waals surface area contributed by atoms with Crippen LogP contribution >= 0.6 is 0 Å². The standard InChI is InChI=1S/C16H14IO2/c1-13(17-15-10-6-3-7-11-15)16(18)19-12-14-8-4-2-5-9-14/h2-11H,1,12H2/q+1. The Hall–Kier alpha value is -1.62. The van der Waals surface area contributed by atoms with Crippen LogP contribution in [0.25, 0.3) is 0 Å². The topological polar surface area (TPSA) is 26.3 Å². The minimum Gasteiger partial charge on any atom is -0.454 e. The highest BCUT2D eigenvalue weighted by atomic mass is 127. The zero-order valence-corrected chi connectivity index (χ0v) is 12.5. The van der Waals surface area contributed by atoms with E-state index in [1.807, 2.05) is 60.7 Å². The molecule has 0 saturated heterocycles. The second-order valence-corrected chi connectivity index (χ2v) is 6.94. The molecule has 0 aliphatic rings. The van der Waals surface area contributed by atoms with Crippen molar-refractivity contribution >= 4 is 5.97 Å². The molecule has 96 valence electrons. The number of esters is 1. The molecular weight excluding hydrogens is 351 g/mol. The van der Waals surface area contributed by atoms with Crippen molar-refractivity contribution in [2.75, 3.05) is 0 Å². The van der Waals surface area contributed by atoms with E-state index in [1.165, 1.54) is 3.57 Å². The van der Waals surface area contributed by atoms with Crippen molar-refractivity contribution in [1.82, 2.24) is 0 Å². The Morgan fingerprint density at radius 3 is 2.21 bits per heavy atom. The van der Waals surface area contributed by atoms with E-state index in [0.29, 0.717) is 10.2 Å². The lowest BCUT2D eigenvalue weighted by Gasteiger charge is -2.01. The van der Waals surface area contributed by atoms with Gasteiger partial charge in [0.15, 0.2) is 3.57 Å². The molecule has 3 heteroatoms. The van der Waals surface area contributed by atoms with E-state index < -0.39 is 21.2 Å². The van der Waals surface area contributed by atoms with Gasteiger partial charge < -0.3 is 4.74 Å². The Kier molecular flexibility index (Phi) is 5.15. The average Bonchev–Trinajstić information content (AvgIpc) is 2.47. The Bertz CT molecular complexity index is 549. The molecule has 0 atom stereocenters. The highest BCUT2D eigenvalue weighted by Gasteiger charge is 2.25. The Balaban J connectivity index is 1.85. The van der Waals surface area contributed by atoms with Crippen LogP contribution in [-0.4, -0.2) is 5.97 Å². The van der Waals surface area contributed by atoms with Gasteiger partial charge in [-0.1, -0.05) is 48.5 Å². The molecule has 0 bridgehead atoms. The summed E-state index contributed by atoms with van der Waals surface area (Å²) >= 11 is -0.528. The van der Waals surface area contributed by atoms with Gasteiger partial charge in [0.1, 0.15) is 6.61 Å². The number of ether oxygens (including phenoxy) is 1. The zero-order chi connectivity index (χ0) is 13.5. The van der Waals surface area contributed by atoms with Crippen molar-refractivity contribution in [2.24, 2.45) is 0 Å². The summed E-state index contributed by atoms with van der Waals surface area (Å²) in [6.07, 6.45) is 0. The molecule has 0 heterocycles. The molecule has 0 spiro atoms. The fraction of sp³-hybridized carbons (Fsp3) is 0.0625. The summed E-state index contributed by atoms with van der Waals surface area (Å²) in [5.41, 5.74) is 0.988. The van der Waals surface area contributed by atoms with Crippen molar-refractivity contribution in [3.05, 3.63) is 80.0 Å². The van der Waals surface area contributed by atoms with Crippen LogP contribution in [0.15, 0.2) is 70.8 Å². The van der Waals surface area contributed by atoms with E-state index in [-0.39, 0.29) is 5.97 Å². The van der Waals surface area contributed by atoms with E-state index >= 15 is 0 Å². The van der Waals surface area contributed by atoms with Gasteiger partial charge in [0.2, 0.25) is 0 Å². The van der Waals surface area contributed by atoms with Gasteiger partial charge in [0, 0.05) is 0 Å². The van der Waals surface area contributed by atoms with E-state index in [9.17, 15) is 4.79 Å². The summed E-state index contributed by atoms with van der Waals surface area (Å²) in [5.74, 6) is -0.291. The molecule has 2 aromatic carbocycles. The Labute approximate surface area is 123 Å². The van der Waals surface area contributed by atoms with Crippen molar-refractivity contribution < 1.29 is 30.7 Å². The maximum absolute atomic E-state index is 11.8. The third-order valence-corrected chi connectivity index (χ3v) is 4.82. The highest BCUT2D eigenvalue weighted by Crippen LogP contribution is 2.01. The molecule has 0 fully saturated rings. The van der Waals surface area contributed by atoms with Gasteiger partial charge >= 0.3 is 27.2 Å². The number of rotatable bonds is 5. The van der Waals surface area contributed by atoms with Crippen LogP contribution in [-0.2, 0) is 16.1 Å². The fourth-order valence-electron chi connectivity index (χ4n) is 1.45. The maximum atomic E-state index is 11.8. The van der Waals surface area contributed by atoms with Crippen molar-refractivity contribution in [2.45, 2.75) is 6.61 Å². The molecule has 2 aromatic rings. The lowest BCUT2D eigenvalue weighted by Crippen LogP contribution is -3.61. The zero-order valence-electron chi connectivity index (χ0n) is 10.4. The van der Waals surface area contributed by atoms with Crippen LogP contribution in [0.2, 0.25) is 0 Å². The van der Waals surface area contributed by atoms with Gasteiger partial charge in [-0.05, 0) is 24.3 Å². The second-order valence-electron chi connectivity index (χ2n) is 3.86. The molecule has 19 heavy (non-hydrogen) atoms. The lowest BCUT2D eigenvalue weighted by molar-refractivity contribution is -0.571.